The first kappa shape index (κ1) is 15.1. The molecule has 1 N–H and O–H groups in total. The predicted molar refractivity (Wildman–Crippen MR) is 82.8 cm³/mol. The van der Waals surface area contributed by atoms with Crippen LogP contribution in [0, 0.1) is 18.3 Å². The first-order chi connectivity index (χ1) is 10.0. The van der Waals surface area contributed by atoms with Crippen molar-refractivity contribution in [3.8, 4) is 12.3 Å². The minimum Gasteiger partial charge on any atom is -0.345 e. The maximum Gasteiger partial charge on any atom is 0.227 e. The molecule has 110 valence electrons. The molecule has 1 heterocycles. The molecule has 1 fully saturated rings. The van der Waals surface area contributed by atoms with E-state index in [2.05, 4.69) is 25.1 Å². The van der Waals surface area contributed by atoms with Gasteiger partial charge in [-0.3, -0.25) is 9.59 Å². The summed E-state index contributed by atoms with van der Waals surface area (Å²) in [6.45, 7) is 4.87. The van der Waals surface area contributed by atoms with Gasteiger partial charge in [0.2, 0.25) is 11.8 Å². The third-order valence-corrected chi connectivity index (χ3v) is 3.73. The number of hydrogen-bond acceptors (Lipinski definition) is 2. The summed E-state index contributed by atoms with van der Waals surface area (Å²) in [6, 6.07) is 7.93. The molecule has 0 aliphatic carbocycles. The Morgan fingerprint density at radius 2 is 2.10 bits per heavy atom. The predicted octanol–water partition coefficient (Wildman–Crippen LogP) is 1.91. The van der Waals surface area contributed by atoms with Crippen molar-refractivity contribution in [1.29, 1.82) is 0 Å². The minimum absolute atomic E-state index is 0.0202. The zero-order chi connectivity index (χ0) is 15.4. The fraction of sp³-hybridized carbons (Fsp3) is 0.412. The van der Waals surface area contributed by atoms with Crippen LogP contribution in [0.5, 0.6) is 0 Å². The van der Waals surface area contributed by atoms with Gasteiger partial charge >= 0.3 is 0 Å². The average Bonchev–Trinajstić information content (AvgIpc) is 2.87. The molecule has 0 spiro atoms. The fourth-order valence-corrected chi connectivity index (χ4v) is 2.45. The summed E-state index contributed by atoms with van der Waals surface area (Å²) in [5, 5.41) is 2.64. The van der Waals surface area contributed by atoms with Crippen molar-refractivity contribution in [1.82, 2.24) is 5.32 Å². The topological polar surface area (TPSA) is 49.4 Å². The maximum absolute atomic E-state index is 12.1. The summed E-state index contributed by atoms with van der Waals surface area (Å²) < 4.78 is 0. The second-order valence-corrected chi connectivity index (χ2v) is 5.57. The van der Waals surface area contributed by atoms with Crippen molar-refractivity contribution >= 4 is 17.5 Å². The summed E-state index contributed by atoms with van der Waals surface area (Å²) >= 11 is 0. The van der Waals surface area contributed by atoms with E-state index >= 15 is 0 Å². The summed E-state index contributed by atoms with van der Waals surface area (Å²) in [7, 11) is 0. The van der Waals surface area contributed by atoms with Crippen LogP contribution >= 0.6 is 0 Å². The highest BCUT2D eigenvalue weighted by atomic mass is 16.2. The van der Waals surface area contributed by atoms with Gasteiger partial charge in [-0.15, -0.1) is 6.42 Å². The largest absolute Gasteiger partial charge is 0.345 e. The molecule has 0 aromatic heterocycles. The lowest BCUT2D eigenvalue weighted by Crippen LogP contribution is -2.33. The van der Waals surface area contributed by atoms with Crippen LogP contribution < -0.4 is 10.2 Å². The molecule has 2 amide bonds. The van der Waals surface area contributed by atoms with Crippen molar-refractivity contribution in [3.05, 3.63) is 29.8 Å². The number of benzene rings is 1. The highest BCUT2D eigenvalue weighted by molar-refractivity contribution is 6.00. The molecule has 1 aliphatic rings. The minimum atomic E-state index is -0.323. The van der Waals surface area contributed by atoms with Crippen molar-refractivity contribution in [2.75, 3.05) is 18.0 Å². The van der Waals surface area contributed by atoms with Gasteiger partial charge in [0.05, 0.1) is 12.5 Å². The van der Waals surface area contributed by atoms with Crippen LogP contribution in [0.1, 0.15) is 31.7 Å². The summed E-state index contributed by atoms with van der Waals surface area (Å²) in [4.78, 5) is 25.6. The summed E-state index contributed by atoms with van der Waals surface area (Å²) in [5.74, 6) is 2.32. The Bertz CT molecular complexity index is 569. The highest BCUT2D eigenvalue weighted by Gasteiger charge is 2.34. The lowest BCUT2D eigenvalue weighted by atomic mass is 10.0. The molecule has 4 heteroatoms. The van der Waals surface area contributed by atoms with Gasteiger partial charge in [-0.25, -0.2) is 0 Å². The van der Waals surface area contributed by atoms with Crippen molar-refractivity contribution < 1.29 is 9.59 Å². The van der Waals surface area contributed by atoms with E-state index in [4.69, 9.17) is 6.42 Å². The van der Waals surface area contributed by atoms with E-state index < -0.39 is 0 Å². The smallest absolute Gasteiger partial charge is 0.227 e. The number of amides is 2. The zero-order valence-corrected chi connectivity index (χ0v) is 12.4. The number of nitrogens with zero attached hydrogens (tertiary/aromatic N) is 1. The number of carbonyl (C=O) groups is 2. The molecule has 4 nitrogen and oxygen atoms in total. The second kappa shape index (κ2) is 6.45. The summed E-state index contributed by atoms with van der Waals surface area (Å²) in [6.07, 6.45) is 5.36. The lowest BCUT2D eigenvalue weighted by Gasteiger charge is -2.17. The van der Waals surface area contributed by atoms with Crippen LogP contribution in [-0.2, 0) is 9.59 Å². The Morgan fingerprint density at radius 1 is 1.43 bits per heavy atom. The van der Waals surface area contributed by atoms with Crippen molar-refractivity contribution in [2.24, 2.45) is 5.92 Å². The standard InChI is InChI=1S/C17H20N2O2/c1-4-9-18-17(21)14-10-16(20)19(11-14)15-7-5-13(6-8-15)12(2)3/h1,5-8,12,14H,9-11H2,2-3H3,(H,18,21). The molecule has 1 atom stereocenters. The Labute approximate surface area is 125 Å². The molecule has 21 heavy (non-hydrogen) atoms. The molecule has 1 aromatic carbocycles. The second-order valence-electron chi connectivity index (χ2n) is 5.57. The molecule has 1 saturated heterocycles. The molecule has 1 aliphatic heterocycles. The fourth-order valence-electron chi connectivity index (χ4n) is 2.45. The Morgan fingerprint density at radius 3 is 2.67 bits per heavy atom. The lowest BCUT2D eigenvalue weighted by molar-refractivity contribution is -0.126. The van der Waals surface area contributed by atoms with Gasteiger partial charge < -0.3 is 10.2 Å². The van der Waals surface area contributed by atoms with Crippen molar-refractivity contribution in [2.45, 2.75) is 26.2 Å². The van der Waals surface area contributed by atoms with Crippen LogP contribution in [0.2, 0.25) is 0 Å². The van der Waals surface area contributed by atoms with Gasteiger partial charge in [-0.2, -0.15) is 0 Å². The third-order valence-electron chi connectivity index (χ3n) is 3.73. The Hall–Kier alpha value is -2.28. The number of anilines is 1. The Balaban J connectivity index is 2.06. The molecule has 0 radical (unpaired) electrons. The first-order valence-electron chi connectivity index (χ1n) is 7.14. The van der Waals surface area contributed by atoms with E-state index in [9.17, 15) is 9.59 Å². The van der Waals surface area contributed by atoms with E-state index in [0.29, 0.717) is 12.5 Å². The van der Waals surface area contributed by atoms with E-state index in [-0.39, 0.29) is 30.7 Å². The number of rotatable bonds is 4. The van der Waals surface area contributed by atoms with E-state index in [1.807, 2.05) is 24.3 Å². The molecule has 0 bridgehead atoms. The highest BCUT2D eigenvalue weighted by Crippen LogP contribution is 2.26. The first-order valence-corrected chi connectivity index (χ1v) is 7.14. The number of carbonyl (C=O) groups excluding carboxylic acids is 2. The molecule has 0 saturated carbocycles. The van der Waals surface area contributed by atoms with Gasteiger partial charge in [0.15, 0.2) is 0 Å². The SMILES string of the molecule is C#CCNC(=O)C1CC(=O)N(c2ccc(C(C)C)cc2)C1. The summed E-state index contributed by atoms with van der Waals surface area (Å²) in [5.41, 5.74) is 2.07. The van der Waals surface area contributed by atoms with Crippen LogP contribution in [0.25, 0.3) is 0 Å². The van der Waals surface area contributed by atoms with E-state index in [0.717, 1.165) is 5.69 Å². The van der Waals surface area contributed by atoms with Gasteiger partial charge in [0, 0.05) is 18.7 Å². The monoisotopic (exact) mass is 284 g/mol. The number of nitrogens with one attached hydrogen (secondary N) is 1. The quantitative estimate of drug-likeness (QED) is 0.859. The normalized spacial score (nSPS) is 17.9. The van der Waals surface area contributed by atoms with Crippen LogP contribution in [0.4, 0.5) is 5.69 Å². The Kier molecular flexibility index (Phi) is 4.64. The maximum atomic E-state index is 12.1. The van der Waals surface area contributed by atoms with Gasteiger partial charge in [0.1, 0.15) is 0 Å². The van der Waals surface area contributed by atoms with E-state index in [1.54, 1.807) is 4.90 Å². The van der Waals surface area contributed by atoms with Gasteiger partial charge in [0.25, 0.3) is 0 Å². The molecular weight excluding hydrogens is 264 g/mol. The molecule has 1 unspecified atom stereocenters. The van der Waals surface area contributed by atoms with Crippen LogP contribution in [0.15, 0.2) is 24.3 Å². The third kappa shape index (κ3) is 3.43. The average molecular weight is 284 g/mol. The molecule has 1 aromatic rings. The van der Waals surface area contributed by atoms with E-state index in [1.165, 1.54) is 5.56 Å². The van der Waals surface area contributed by atoms with Crippen LogP contribution in [0.3, 0.4) is 0 Å². The number of hydrogen-bond donors (Lipinski definition) is 1. The van der Waals surface area contributed by atoms with Gasteiger partial charge in [-0.1, -0.05) is 31.9 Å². The molecular formula is C17H20N2O2. The number of terminal acetylenes is 1. The molecule has 2 rings (SSSR count). The van der Waals surface area contributed by atoms with Crippen molar-refractivity contribution in [3.63, 3.8) is 0 Å². The van der Waals surface area contributed by atoms with Crippen LogP contribution in [-0.4, -0.2) is 24.9 Å². The zero-order valence-electron chi connectivity index (χ0n) is 12.4. The van der Waals surface area contributed by atoms with Gasteiger partial charge in [-0.05, 0) is 23.6 Å².